The highest BCUT2D eigenvalue weighted by atomic mass is 35.5. The van der Waals surface area contributed by atoms with Crippen LogP contribution in [0, 0.1) is 6.92 Å². The summed E-state index contributed by atoms with van der Waals surface area (Å²) < 4.78 is 26.2. The zero-order valence-electron chi connectivity index (χ0n) is 19.3. The van der Waals surface area contributed by atoms with Crippen molar-refractivity contribution in [3.63, 3.8) is 0 Å². The lowest BCUT2D eigenvalue weighted by atomic mass is 9.95. The van der Waals surface area contributed by atoms with Crippen LogP contribution in [0.3, 0.4) is 0 Å². The van der Waals surface area contributed by atoms with Crippen LogP contribution >= 0.6 is 22.9 Å². The Hall–Kier alpha value is -3.79. The van der Waals surface area contributed by atoms with Gasteiger partial charge in [-0.1, -0.05) is 83.1 Å². The molecule has 1 aliphatic rings. The van der Waals surface area contributed by atoms with Crippen molar-refractivity contribution in [2.45, 2.75) is 22.1 Å². The summed E-state index contributed by atoms with van der Waals surface area (Å²) >= 11 is 6.99. The molecule has 1 aromatic heterocycles. The van der Waals surface area contributed by atoms with Gasteiger partial charge in [0.05, 0.1) is 22.7 Å². The Labute approximate surface area is 222 Å². The number of halogens is 1. The van der Waals surface area contributed by atoms with Gasteiger partial charge in [-0.2, -0.15) is 0 Å². The van der Waals surface area contributed by atoms with Gasteiger partial charge in [0, 0.05) is 10.6 Å². The molecular formula is C27H19ClN2O5S2. The molecule has 4 aromatic rings. The Morgan fingerprint density at radius 3 is 2.38 bits per heavy atom. The largest absolute Gasteiger partial charge is 0.507 e. The number of carbonyl (C=O) groups is 2. The second-order valence-corrected chi connectivity index (χ2v) is 12.0. The van der Waals surface area contributed by atoms with E-state index in [9.17, 15) is 23.1 Å². The van der Waals surface area contributed by atoms with E-state index in [1.165, 1.54) is 12.1 Å². The third-order valence-corrected chi connectivity index (χ3v) is 9.39. The van der Waals surface area contributed by atoms with Crippen molar-refractivity contribution in [3.8, 4) is 0 Å². The van der Waals surface area contributed by atoms with Crippen LogP contribution in [0.1, 0.15) is 22.7 Å². The number of anilines is 1. The van der Waals surface area contributed by atoms with Crippen molar-refractivity contribution in [1.82, 2.24) is 4.98 Å². The molecule has 1 fully saturated rings. The minimum Gasteiger partial charge on any atom is -0.507 e. The third-order valence-electron chi connectivity index (χ3n) is 5.93. The lowest BCUT2D eigenvalue weighted by molar-refractivity contribution is -0.132. The van der Waals surface area contributed by atoms with E-state index in [1.807, 2.05) is 6.92 Å². The molecule has 0 bridgehead atoms. The number of sulfone groups is 1. The van der Waals surface area contributed by atoms with E-state index < -0.39 is 27.6 Å². The molecule has 1 aliphatic heterocycles. The second-order valence-electron chi connectivity index (χ2n) is 8.37. The molecule has 10 heteroatoms. The lowest BCUT2D eigenvalue weighted by Gasteiger charge is -2.23. The van der Waals surface area contributed by atoms with Gasteiger partial charge >= 0.3 is 5.91 Å². The summed E-state index contributed by atoms with van der Waals surface area (Å²) in [6.45, 7) is 1.89. The number of aliphatic hydroxyl groups is 1. The number of thiazole rings is 1. The van der Waals surface area contributed by atoms with Gasteiger partial charge in [0.1, 0.15) is 9.97 Å². The number of aryl methyl sites for hydroxylation is 1. The summed E-state index contributed by atoms with van der Waals surface area (Å²) in [7, 11) is -3.89. The van der Waals surface area contributed by atoms with Crippen molar-refractivity contribution in [3.05, 3.63) is 112 Å². The van der Waals surface area contributed by atoms with Crippen molar-refractivity contribution < 1.29 is 23.1 Å². The fourth-order valence-corrected chi connectivity index (χ4v) is 6.86. The van der Waals surface area contributed by atoms with Crippen LogP contribution in [0.4, 0.5) is 5.13 Å². The molecule has 5 rings (SSSR count). The van der Waals surface area contributed by atoms with Gasteiger partial charge in [0.15, 0.2) is 5.13 Å². The van der Waals surface area contributed by atoms with Crippen LogP contribution in [0.25, 0.3) is 5.76 Å². The number of aromatic nitrogens is 1. The predicted octanol–water partition coefficient (Wildman–Crippen LogP) is 5.56. The number of Topliss-reactive ketones (excluding diaryl/α,β-unsaturated/α-hetero) is 1. The molecule has 1 saturated heterocycles. The monoisotopic (exact) mass is 550 g/mol. The van der Waals surface area contributed by atoms with Crippen molar-refractivity contribution in [2.75, 3.05) is 4.90 Å². The predicted molar refractivity (Wildman–Crippen MR) is 141 cm³/mol. The smallest absolute Gasteiger partial charge is 0.301 e. The van der Waals surface area contributed by atoms with Crippen molar-refractivity contribution in [2.24, 2.45) is 0 Å². The molecule has 37 heavy (non-hydrogen) atoms. The number of rotatable bonds is 5. The Morgan fingerprint density at radius 2 is 1.70 bits per heavy atom. The molecule has 1 amide bonds. The Morgan fingerprint density at radius 1 is 1.00 bits per heavy atom. The van der Waals surface area contributed by atoms with Crippen LogP contribution in [0.5, 0.6) is 0 Å². The third kappa shape index (κ3) is 4.46. The molecule has 1 unspecified atom stereocenters. The summed E-state index contributed by atoms with van der Waals surface area (Å²) in [6.07, 6.45) is 1.16. The minimum absolute atomic E-state index is 0.00420. The van der Waals surface area contributed by atoms with Gasteiger partial charge in [-0.3, -0.25) is 14.5 Å². The number of hydrogen-bond donors (Lipinski definition) is 1. The molecule has 1 N–H and O–H groups in total. The molecule has 7 nitrogen and oxygen atoms in total. The lowest BCUT2D eigenvalue weighted by Crippen LogP contribution is -2.29. The zero-order valence-corrected chi connectivity index (χ0v) is 21.7. The van der Waals surface area contributed by atoms with Gasteiger partial charge in [-0.15, -0.1) is 0 Å². The first-order valence-electron chi connectivity index (χ1n) is 11.1. The summed E-state index contributed by atoms with van der Waals surface area (Å²) in [5.41, 5.74) is 1.64. The Kier molecular flexibility index (Phi) is 6.45. The van der Waals surface area contributed by atoms with Crippen LogP contribution < -0.4 is 4.90 Å². The normalized spacial score (nSPS) is 17.4. The van der Waals surface area contributed by atoms with Gasteiger partial charge in [-0.25, -0.2) is 13.4 Å². The number of ketones is 1. The van der Waals surface area contributed by atoms with E-state index in [0.717, 1.165) is 28.0 Å². The average molecular weight is 551 g/mol. The van der Waals surface area contributed by atoms with E-state index in [2.05, 4.69) is 4.98 Å². The maximum Gasteiger partial charge on any atom is 0.301 e. The number of benzene rings is 3. The van der Waals surface area contributed by atoms with Crippen LogP contribution in [0.2, 0.25) is 5.02 Å². The molecule has 0 aliphatic carbocycles. The number of nitrogens with zero attached hydrogens (tertiary/aromatic N) is 2. The topological polar surface area (TPSA) is 105 Å². The first kappa shape index (κ1) is 24.9. The van der Waals surface area contributed by atoms with E-state index in [1.54, 1.807) is 66.7 Å². The van der Waals surface area contributed by atoms with Gasteiger partial charge in [0.25, 0.3) is 5.78 Å². The molecule has 0 spiro atoms. The summed E-state index contributed by atoms with van der Waals surface area (Å²) in [5, 5.41) is 11.6. The van der Waals surface area contributed by atoms with Gasteiger partial charge in [0.2, 0.25) is 9.84 Å². The fourth-order valence-electron chi connectivity index (χ4n) is 4.09. The van der Waals surface area contributed by atoms with E-state index in [0.29, 0.717) is 16.1 Å². The fraction of sp³-hybridized carbons (Fsp3) is 0.0741. The quantitative estimate of drug-likeness (QED) is 0.198. The standard InChI is InChI=1S/C27H19ClN2O5S2/c1-16-10-12-17(13-11-16)24(31)22-23(18-6-5-7-19(28)14-18)30(26(33)25(22)32)27-29-15-21(36-27)37(34,35)20-8-3-2-4-9-20/h2-15,23,31H,1H3/b24-22-. The van der Waals surface area contributed by atoms with Gasteiger partial charge in [-0.05, 0) is 36.8 Å². The number of carbonyl (C=O) groups excluding carboxylic acids is 2. The van der Waals surface area contributed by atoms with Crippen LogP contribution in [-0.2, 0) is 19.4 Å². The number of amides is 1. The van der Waals surface area contributed by atoms with Crippen LogP contribution in [-0.4, -0.2) is 30.2 Å². The molecule has 0 radical (unpaired) electrons. The molecule has 1 atom stereocenters. The summed E-state index contributed by atoms with van der Waals surface area (Å²) in [5.74, 6) is -2.19. The Bertz CT molecular complexity index is 1660. The first-order valence-corrected chi connectivity index (χ1v) is 13.8. The summed E-state index contributed by atoms with van der Waals surface area (Å²) in [4.78, 5) is 32.0. The molecule has 186 valence electrons. The first-order chi connectivity index (χ1) is 17.7. The second kappa shape index (κ2) is 9.59. The average Bonchev–Trinajstić information content (AvgIpc) is 3.48. The van der Waals surface area contributed by atoms with E-state index >= 15 is 0 Å². The minimum atomic E-state index is -3.89. The van der Waals surface area contributed by atoms with E-state index in [4.69, 9.17) is 11.6 Å². The highest BCUT2D eigenvalue weighted by molar-refractivity contribution is 7.93. The molecule has 2 heterocycles. The maximum atomic E-state index is 13.3. The molecule has 3 aromatic carbocycles. The highest BCUT2D eigenvalue weighted by Gasteiger charge is 2.48. The SMILES string of the molecule is Cc1ccc(/C(O)=C2/C(=O)C(=O)N(c3ncc(S(=O)(=O)c4ccccc4)s3)C2c2cccc(Cl)c2)cc1. The number of hydrogen-bond acceptors (Lipinski definition) is 7. The zero-order chi connectivity index (χ0) is 26.3. The highest BCUT2D eigenvalue weighted by Crippen LogP contribution is 2.44. The Balaban J connectivity index is 1.67. The van der Waals surface area contributed by atoms with E-state index in [-0.39, 0.29) is 25.6 Å². The molecular weight excluding hydrogens is 532 g/mol. The summed E-state index contributed by atoms with van der Waals surface area (Å²) in [6, 6.07) is 20.2. The van der Waals surface area contributed by atoms with Crippen molar-refractivity contribution in [1.29, 1.82) is 0 Å². The number of aliphatic hydroxyl groups excluding tert-OH is 1. The van der Waals surface area contributed by atoms with Crippen LogP contribution in [0.15, 0.2) is 99.7 Å². The van der Waals surface area contributed by atoms with Gasteiger partial charge < -0.3 is 5.11 Å². The molecule has 0 saturated carbocycles. The van der Waals surface area contributed by atoms with Crippen molar-refractivity contribution >= 4 is 55.4 Å². The maximum absolute atomic E-state index is 13.3.